The minimum atomic E-state index is -0.586. The van der Waals surface area contributed by atoms with Crippen molar-refractivity contribution in [1.29, 1.82) is 0 Å². The number of hydrogen-bond acceptors (Lipinski definition) is 12. The molecule has 0 bridgehead atoms. The first-order valence-electron chi connectivity index (χ1n) is 15.7. The molecule has 0 aliphatic rings. The van der Waals surface area contributed by atoms with Crippen LogP contribution in [-0.2, 0) is 43.4 Å². The fourth-order valence-electron chi connectivity index (χ4n) is 3.97. The molecule has 0 unspecified atom stereocenters. The largest absolute Gasteiger partial charge is 0.490 e. The van der Waals surface area contributed by atoms with Crippen molar-refractivity contribution in [2.45, 2.75) is 19.3 Å². The molecular formula is C35H46N2O12. The average Bonchev–Trinajstić information content (AvgIpc) is 3.11. The highest BCUT2D eigenvalue weighted by Crippen LogP contribution is 2.33. The Morgan fingerprint density at radius 1 is 0.551 bits per heavy atom. The Balaban J connectivity index is 1.60. The van der Waals surface area contributed by atoms with Gasteiger partial charge in [0.25, 0.3) is 0 Å². The van der Waals surface area contributed by atoms with Crippen LogP contribution in [0, 0.1) is 0 Å². The average molecular weight is 687 g/mol. The van der Waals surface area contributed by atoms with E-state index in [9.17, 15) is 19.2 Å². The zero-order valence-electron chi connectivity index (χ0n) is 28.1. The highest BCUT2D eigenvalue weighted by molar-refractivity contribution is 5.81. The second-order valence-electron chi connectivity index (χ2n) is 10.5. The molecule has 2 rings (SSSR count). The summed E-state index contributed by atoms with van der Waals surface area (Å²) in [7, 11) is 0. The number of rotatable bonds is 24. The molecule has 2 N–H and O–H groups in total. The first-order chi connectivity index (χ1) is 23.6. The van der Waals surface area contributed by atoms with Crippen molar-refractivity contribution in [3.63, 3.8) is 0 Å². The van der Waals surface area contributed by atoms with E-state index in [1.807, 2.05) is 48.5 Å². The Bertz CT molecular complexity index is 1210. The lowest BCUT2D eigenvalue weighted by molar-refractivity contribution is -0.140. The van der Waals surface area contributed by atoms with Gasteiger partial charge in [0.2, 0.25) is 0 Å². The molecule has 14 nitrogen and oxygen atoms in total. The molecule has 268 valence electrons. The number of ether oxygens (including phenoxy) is 8. The second-order valence-corrected chi connectivity index (χ2v) is 10.5. The number of alkyl carbamates (subject to hydrolysis) is 2. The van der Waals surface area contributed by atoms with Gasteiger partial charge < -0.3 is 48.5 Å². The van der Waals surface area contributed by atoms with Crippen molar-refractivity contribution in [3.8, 4) is 11.5 Å². The maximum atomic E-state index is 11.8. The molecule has 0 radical (unpaired) electrons. The van der Waals surface area contributed by atoms with Crippen LogP contribution in [0.1, 0.15) is 25.0 Å². The van der Waals surface area contributed by atoms with Gasteiger partial charge in [0.05, 0.1) is 26.4 Å². The molecule has 0 aliphatic heterocycles. The van der Waals surface area contributed by atoms with Gasteiger partial charge in [0.15, 0.2) is 0 Å². The van der Waals surface area contributed by atoms with Gasteiger partial charge in [-0.1, -0.05) is 51.3 Å². The SMILES string of the molecule is C=CC(=O)OCCOCCNC(=O)OCCOc1ccc(C(C)(C)c2ccc(OCCOC(=O)NCCOCCOC(=O)C=C)cc2)cc1. The van der Waals surface area contributed by atoms with Crippen LogP contribution >= 0.6 is 0 Å². The molecule has 0 spiro atoms. The third kappa shape index (κ3) is 17.1. The molecule has 0 heterocycles. The summed E-state index contributed by atoms with van der Waals surface area (Å²) in [4.78, 5) is 45.4. The summed E-state index contributed by atoms with van der Waals surface area (Å²) in [6.45, 7) is 13.0. The minimum absolute atomic E-state index is 0.0693. The first kappa shape index (κ1) is 40.1. The van der Waals surface area contributed by atoms with Crippen molar-refractivity contribution >= 4 is 24.1 Å². The third-order valence-electron chi connectivity index (χ3n) is 6.63. The Labute approximate surface area is 286 Å². The Hall–Kier alpha value is -5.08. The standard InChI is InChI=1S/C35H46N2O12/c1-5-31(38)46-21-19-42-17-15-36-33(40)48-25-23-44-29-11-7-27(8-12-29)35(3,4)28-9-13-30(14-10-28)45-24-26-49-34(41)37-16-18-43-20-22-47-32(39)6-2/h5-14H,1-2,15-26H2,3-4H3,(H,36,40)(H,37,41). The number of carbonyl (C=O) groups excluding carboxylic acids is 4. The van der Waals surface area contributed by atoms with E-state index in [1.165, 1.54) is 0 Å². The monoisotopic (exact) mass is 686 g/mol. The maximum absolute atomic E-state index is 11.8. The van der Waals surface area contributed by atoms with Crippen LogP contribution in [0.15, 0.2) is 73.8 Å². The molecule has 0 atom stereocenters. The molecule has 2 amide bonds. The van der Waals surface area contributed by atoms with Gasteiger partial charge in [-0.15, -0.1) is 0 Å². The van der Waals surface area contributed by atoms with Gasteiger partial charge in [0.1, 0.15) is 51.1 Å². The summed E-state index contributed by atoms with van der Waals surface area (Å²) < 4.78 is 41.6. The van der Waals surface area contributed by atoms with Crippen molar-refractivity contribution < 1.29 is 57.1 Å². The highest BCUT2D eigenvalue weighted by atomic mass is 16.6. The van der Waals surface area contributed by atoms with Crippen LogP contribution in [0.5, 0.6) is 11.5 Å². The van der Waals surface area contributed by atoms with Crippen molar-refractivity contribution in [3.05, 3.63) is 85.0 Å². The highest BCUT2D eigenvalue weighted by Gasteiger charge is 2.23. The topological polar surface area (TPSA) is 166 Å². The van der Waals surface area contributed by atoms with Crippen LogP contribution in [0.25, 0.3) is 0 Å². The summed E-state index contributed by atoms with van der Waals surface area (Å²) in [6, 6.07) is 15.4. The maximum Gasteiger partial charge on any atom is 0.407 e. The molecule has 0 saturated heterocycles. The smallest absolute Gasteiger partial charge is 0.407 e. The molecule has 14 heteroatoms. The van der Waals surface area contributed by atoms with Gasteiger partial charge >= 0.3 is 24.1 Å². The van der Waals surface area contributed by atoms with Crippen molar-refractivity contribution in [2.75, 3.05) is 79.2 Å². The predicted molar refractivity (Wildman–Crippen MR) is 179 cm³/mol. The summed E-state index contributed by atoms with van der Waals surface area (Å²) in [5.41, 5.74) is 1.84. The number of carbonyl (C=O) groups is 4. The van der Waals surface area contributed by atoms with E-state index in [0.29, 0.717) is 11.5 Å². The van der Waals surface area contributed by atoms with Crippen molar-refractivity contribution in [1.82, 2.24) is 10.6 Å². The lowest BCUT2D eigenvalue weighted by Crippen LogP contribution is -2.29. The fourth-order valence-corrected chi connectivity index (χ4v) is 3.97. The molecule has 2 aromatic carbocycles. The van der Waals surface area contributed by atoms with Gasteiger partial charge in [0, 0.05) is 30.7 Å². The van der Waals surface area contributed by atoms with E-state index in [-0.39, 0.29) is 84.6 Å². The van der Waals surface area contributed by atoms with Crippen molar-refractivity contribution in [2.24, 2.45) is 0 Å². The molecule has 0 saturated carbocycles. The number of nitrogens with one attached hydrogen (secondary N) is 2. The summed E-state index contributed by atoms with van der Waals surface area (Å²) in [5, 5.41) is 5.12. The van der Waals surface area contributed by atoms with E-state index >= 15 is 0 Å². The molecule has 0 aliphatic carbocycles. The Morgan fingerprint density at radius 3 is 1.29 bits per heavy atom. The van der Waals surface area contributed by atoms with E-state index in [4.69, 9.17) is 37.9 Å². The van der Waals surface area contributed by atoms with Gasteiger partial charge in [-0.3, -0.25) is 0 Å². The zero-order valence-corrected chi connectivity index (χ0v) is 28.1. The predicted octanol–water partition coefficient (Wildman–Crippen LogP) is 3.71. The lowest BCUT2D eigenvalue weighted by Gasteiger charge is -2.26. The molecule has 0 fully saturated rings. The van der Waals surface area contributed by atoms with E-state index < -0.39 is 24.1 Å². The Morgan fingerprint density at radius 2 is 0.918 bits per heavy atom. The number of benzene rings is 2. The lowest BCUT2D eigenvalue weighted by atomic mass is 9.78. The van der Waals surface area contributed by atoms with Crippen LogP contribution < -0.4 is 20.1 Å². The normalized spacial score (nSPS) is 10.7. The molecule has 49 heavy (non-hydrogen) atoms. The van der Waals surface area contributed by atoms with Crippen LogP contribution in [-0.4, -0.2) is 103 Å². The van der Waals surface area contributed by atoms with Gasteiger partial charge in [-0.05, 0) is 35.4 Å². The van der Waals surface area contributed by atoms with Crippen LogP contribution in [0.2, 0.25) is 0 Å². The Kier molecular flexibility index (Phi) is 19.0. The quantitative estimate of drug-likeness (QED) is 0.0713. The first-order valence-corrected chi connectivity index (χ1v) is 15.7. The van der Waals surface area contributed by atoms with Gasteiger partial charge in [-0.25, -0.2) is 19.2 Å². The van der Waals surface area contributed by atoms with Crippen LogP contribution in [0.4, 0.5) is 9.59 Å². The minimum Gasteiger partial charge on any atom is -0.490 e. The van der Waals surface area contributed by atoms with E-state index in [1.54, 1.807) is 0 Å². The number of amides is 2. The second kappa shape index (κ2) is 23.3. The van der Waals surface area contributed by atoms with Gasteiger partial charge in [-0.2, -0.15) is 0 Å². The third-order valence-corrected chi connectivity index (χ3v) is 6.63. The fraction of sp³-hybridized carbons (Fsp3) is 0.429. The number of esters is 2. The molecule has 2 aromatic rings. The summed E-state index contributed by atoms with van der Waals surface area (Å²) in [6.07, 6.45) is 0.974. The molecule has 0 aromatic heterocycles. The number of hydrogen-bond donors (Lipinski definition) is 2. The molecular weight excluding hydrogens is 640 g/mol. The summed E-state index contributed by atoms with van der Waals surface area (Å²) >= 11 is 0. The summed E-state index contributed by atoms with van der Waals surface area (Å²) in [5.74, 6) is 0.255. The van der Waals surface area contributed by atoms with Crippen LogP contribution in [0.3, 0.4) is 0 Å². The zero-order chi connectivity index (χ0) is 35.7. The van der Waals surface area contributed by atoms with E-state index in [2.05, 4.69) is 37.6 Å². The van der Waals surface area contributed by atoms with E-state index in [0.717, 1.165) is 23.3 Å².